The Labute approximate surface area is 192 Å². The largest absolute Gasteiger partial charge is 0.480 e. The van der Waals surface area contributed by atoms with Crippen molar-refractivity contribution in [3.63, 3.8) is 0 Å². The number of pyridine rings is 1. The van der Waals surface area contributed by atoms with Gasteiger partial charge < -0.3 is 4.74 Å². The van der Waals surface area contributed by atoms with E-state index in [1.165, 1.54) is 18.0 Å². The summed E-state index contributed by atoms with van der Waals surface area (Å²) in [6.45, 7) is 1.50. The number of fused-ring (bicyclic) bond motifs is 1. The third-order valence-electron chi connectivity index (χ3n) is 6.25. The van der Waals surface area contributed by atoms with Crippen LogP contribution in [0.3, 0.4) is 0 Å². The minimum Gasteiger partial charge on any atom is -0.480 e. The average molecular weight is 464 g/mol. The van der Waals surface area contributed by atoms with Gasteiger partial charge in [-0.1, -0.05) is 12.1 Å². The van der Waals surface area contributed by atoms with Crippen LogP contribution in [0.5, 0.6) is 5.88 Å². The molecule has 1 aromatic carbocycles. The summed E-state index contributed by atoms with van der Waals surface area (Å²) >= 11 is 0. The maximum atomic E-state index is 13.4. The number of alkyl halides is 3. The highest BCUT2D eigenvalue weighted by Gasteiger charge is 2.63. The summed E-state index contributed by atoms with van der Waals surface area (Å²) in [7, 11) is 1.51. The molecule has 1 aliphatic rings. The van der Waals surface area contributed by atoms with Gasteiger partial charge in [-0.15, -0.1) is 10.2 Å². The van der Waals surface area contributed by atoms with E-state index in [2.05, 4.69) is 26.3 Å². The third-order valence-corrected chi connectivity index (χ3v) is 6.25. The first-order chi connectivity index (χ1) is 16.2. The highest BCUT2D eigenvalue weighted by Crippen LogP contribution is 2.58. The van der Waals surface area contributed by atoms with Crippen molar-refractivity contribution in [2.45, 2.75) is 32.5 Å². The molecule has 3 aromatic heterocycles. The summed E-state index contributed by atoms with van der Waals surface area (Å²) in [5, 5.41) is 22.7. The van der Waals surface area contributed by atoms with Crippen molar-refractivity contribution in [3.8, 4) is 34.3 Å². The number of rotatable bonds is 5. The van der Waals surface area contributed by atoms with E-state index in [0.29, 0.717) is 39.5 Å². The van der Waals surface area contributed by atoms with Crippen molar-refractivity contribution in [2.75, 3.05) is 7.11 Å². The Morgan fingerprint density at radius 3 is 2.62 bits per heavy atom. The third kappa shape index (κ3) is 3.73. The lowest BCUT2D eigenvalue weighted by Crippen LogP contribution is -2.29. The fourth-order valence-electron chi connectivity index (χ4n) is 4.00. The van der Waals surface area contributed by atoms with E-state index in [4.69, 9.17) is 4.74 Å². The predicted octanol–water partition coefficient (Wildman–Crippen LogP) is 5.09. The summed E-state index contributed by atoms with van der Waals surface area (Å²) in [5.41, 5.74) is 2.34. The quantitative estimate of drug-likeness (QED) is 0.409. The van der Waals surface area contributed by atoms with Crippen LogP contribution in [0.2, 0.25) is 0 Å². The van der Waals surface area contributed by atoms with E-state index >= 15 is 0 Å². The molecule has 0 spiro atoms. The second kappa shape index (κ2) is 7.80. The molecule has 0 unspecified atom stereocenters. The van der Waals surface area contributed by atoms with Gasteiger partial charge in [-0.25, -0.2) is 0 Å². The standard InChI is InChI=1S/C24H19F3N6O/c1-14-17(10-28)7-19(18-11-29-33(12-18)13-23(5-6-23)24(25,26)27)22(30-14)16-4-3-15-9-21(34-2)32-31-20(15)8-16/h3-4,7-9,11-12H,5-6,13H2,1-2H3. The Morgan fingerprint density at radius 2 is 1.94 bits per heavy atom. The number of aryl methyl sites for hydroxylation is 1. The zero-order chi connectivity index (χ0) is 24.1. The molecule has 0 N–H and O–H groups in total. The van der Waals surface area contributed by atoms with E-state index in [1.54, 1.807) is 25.3 Å². The predicted molar refractivity (Wildman–Crippen MR) is 118 cm³/mol. The Kier molecular flexibility index (Phi) is 5.01. The zero-order valence-electron chi connectivity index (χ0n) is 18.4. The normalized spacial score (nSPS) is 14.7. The van der Waals surface area contributed by atoms with Gasteiger partial charge in [0.05, 0.1) is 47.7 Å². The van der Waals surface area contributed by atoms with Crippen LogP contribution in [0.1, 0.15) is 24.1 Å². The molecule has 1 saturated carbocycles. The minimum atomic E-state index is -4.27. The number of aromatic nitrogens is 5. The molecule has 7 nitrogen and oxygen atoms in total. The fraction of sp³-hybridized carbons (Fsp3) is 0.292. The van der Waals surface area contributed by atoms with Crippen LogP contribution in [0, 0.1) is 23.7 Å². The van der Waals surface area contributed by atoms with Crippen LogP contribution in [-0.4, -0.2) is 38.2 Å². The van der Waals surface area contributed by atoms with Gasteiger partial charge in [0.2, 0.25) is 5.88 Å². The van der Waals surface area contributed by atoms with Gasteiger partial charge in [-0.3, -0.25) is 9.67 Å². The van der Waals surface area contributed by atoms with E-state index in [-0.39, 0.29) is 19.4 Å². The average Bonchev–Trinajstić information content (AvgIpc) is 3.48. The number of benzene rings is 1. The lowest BCUT2D eigenvalue weighted by molar-refractivity contribution is -0.191. The van der Waals surface area contributed by atoms with E-state index in [1.807, 2.05) is 18.2 Å². The topological polar surface area (TPSA) is 89.5 Å². The highest BCUT2D eigenvalue weighted by atomic mass is 19.4. The molecule has 1 fully saturated rings. The smallest absolute Gasteiger partial charge is 0.396 e. The number of ether oxygens (including phenoxy) is 1. The molecule has 5 rings (SSSR count). The molecule has 34 heavy (non-hydrogen) atoms. The second-order valence-electron chi connectivity index (χ2n) is 8.49. The number of nitrogens with zero attached hydrogens (tertiary/aromatic N) is 6. The monoisotopic (exact) mass is 464 g/mol. The molecule has 0 bridgehead atoms. The summed E-state index contributed by atoms with van der Waals surface area (Å²) < 4.78 is 46.7. The molecule has 10 heteroatoms. The van der Waals surface area contributed by atoms with Crippen molar-refractivity contribution in [3.05, 3.63) is 54.0 Å². The lowest BCUT2D eigenvalue weighted by atomic mass is 9.98. The Bertz CT molecular complexity index is 1450. The summed E-state index contributed by atoms with van der Waals surface area (Å²) in [5.74, 6) is 0.396. The van der Waals surface area contributed by atoms with Crippen molar-refractivity contribution in [1.82, 2.24) is 25.0 Å². The maximum absolute atomic E-state index is 13.4. The van der Waals surface area contributed by atoms with Crippen LogP contribution >= 0.6 is 0 Å². The number of nitriles is 1. The van der Waals surface area contributed by atoms with Crippen LogP contribution in [-0.2, 0) is 6.54 Å². The lowest BCUT2D eigenvalue weighted by Gasteiger charge is -2.18. The SMILES string of the molecule is COc1cc2ccc(-c3nc(C)c(C#N)cc3-c3cnn(CC4(C(F)(F)F)CC4)c3)cc2nn1. The van der Waals surface area contributed by atoms with Gasteiger partial charge in [0.15, 0.2) is 0 Å². The maximum Gasteiger partial charge on any atom is 0.396 e. The van der Waals surface area contributed by atoms with Crippen molar-refractivity contribution in [1.29, 1.82) is 5.26 Å². The van der Waals surface area contributed by atoms with Crippen LogP contribution in [0.4, 0.5) is 13.2 Å². The Morgan fingerprint density at radius 1 is 1.15 bits per heavy atom. The van der Waals surface area contributed by atoms with E-state index < -0.39 is 11.6 Å². The fourth-order valence-corrected chi connectivity index (χ4v) is 4.00. The Balaban J connectivity index is 1.58. The molecule has 0 saturated heterocycles. The molecule has 0 amide bonds. The number of hydrogen-bond acceptors (Lipinski definition) is 6. The molecule has 0 radical (unpaired) electrons. The summed E-state index contributed by atoms with van der Waals surface area (Å²) in [4.78, 5) is 4.65. The second-order valence-corrected chi connectivity index (χ2v) is 8.49. The molecule has 3 heterocycles. The van der Waals surface area contributed by atoms with Crippen LogP contribution in [0.25, 0.3) is 33.3 Å². The Hall–Kier alpha value is -4.00. The molecule has 172 valence electrons. The van der Waals surface area contributed by atoms with Gasteiger partial charge in [0.1, 0.15) is 6.07 Å². The van der Waals surface area contributed by atoms with Crippen LogP contribution < -0.4 is 4.74 Å². The van der Waals surface area contributed by atoms with E-state index in [9.17, 15) is 18.4 Å². The summed E-state index contributed by atoms with van der Waals surface area (Å²) in [6.07, 6.45) is -0.975. The van der Waals surface area contributed by atoms with Gasteiger partial charge in [-0.05, 0) is 31.9 Å². The molecular weight excluding hydrogens is 445 g/mol. The van der Waals surface area contributed by atoms with Gasteiger partial charge in [-0.2, -0.15) is 23.5 Å². The van der Waals surface area contributed by atoms with Crippen molar-refractivity contribution < 1.29 is 17.9 Å². The van der Waals surface area contributed by atoms with Gasteiger partial charge in [0.25, 0.3) is 0 Å². The first-order valence-electron chi connectivity index (χ1n) is 10.6. The number of hydrogen-bond donors (Lipinski definition) is 0. The first-order valence-corrected chi connectivity index (χ1v) is 10.6. The molecular formula is C24H19F3N6O. The van der Waals surface area contributed by atoms with Gasteiger partial charge >= 0.3 is 6.18 Å². The summed E-state index contributed by atoms with van der Waals surface area (Å²) in [6, 6.07) is 11.1. The minimum absolute atomic E-state index is 0.102. The molecule has 1 aliphatic carbocycles. The van der Waals surface area contributed by atoms with Crippen LogP contribution in [0.15, 0.2) is 42.7 Å². The molecule has 4 aromatic rings. The van der Waals surface area contributed by atoms with E-state index in [0.717, 1.165) is 10.9 Å². The van der Waals surface area contributed by atoms with Gasteiger partial charge in [0, 0.05) is 34.3 Å². The highest BCUT2D eigenvalue weighted by molar-refractivity contribution is 5.88. The zero-order valence-corrected chi connectivity index (χ0v) is 18.4. The number of halogens is 3. The molecule has 0 atom stereocenters. The van der Waals surface area contributed by atoms with Crippen molar-refractivity contribution in [2.24, 2.45) is 5.41 Å². The first kappa shape index (κ1) is 21.8. The molecule has 0 aliphatic heterocycles. The van der Waals surface area contributed by atoms with Crippen molar-refractivity contribution >= 4 is 10.9 Å². The number of methoxy groups -OCH3 is 1.